The Hall–Kier alpha value is -2.49. The highest BCUT2D eigenvalue weighted by Gasteiger charge is 2.22. The Morgan fingerprint density at radius 2 is 1.20 bits per heavy atom. The molecule has 0 fully saturated rings. The quantitative estimate of drug-likeness (QED) is 0.352. The molecule has 0 amide bonds. The van der Waals surface area contributed by atoms with Crippen LogP contribution in [0.1, 0.15) is 5.56 Å². The second-order valence-electron chi connectivity index (χ2n) is 5.85. The molecule has 0 aliphatic heterocycles. The highest BCUT2D eigenvalue weighted by Crippen LogP contribution is 2.34. The molecule has 0 bridgehead atoms. The number of thiazole rings is 1. The molecule has 122 valence electrons. The van der Waals surface area contributed by atoms with Crippen LogP contribution in [-0.4, -0.2) is 0 Å². The summed E-state index contributed by atoms with van der Waals surface area (Å²) < 4.78 is 2.26. The van der Waals surface area contributed by atoms with Crippen LogP contribution in [-0.2, 0) is 19.2 Å². The van der Waals surface area contributed by atoms with Gasteiger partial charge in [0, 0.05) is 5.56 Å². The monoisotopic (exact) mass is 359 g/mol. The Balaban J connectivity index is 1.87. The van der Waals surface area contributed by atoms with Gasteiger partial charge in [-0.15, -0.1) is 0 Å². The first-order valence-corrected chi connectivity index (χ1v) is 9.44. The van der Waals surface area contributed by atoms with E-state index in [9.17, 15) is 0 Å². The number of nitrogens with zero attached hydrogens (tertiary/aromatic N) is 1. The Morgan fingerprint density at radius 1 is 0.680 bits per heavy atom. The molecule has 0 aliphatic rings. The van der Waals surface area contributed by atoms with Crippen LogP contribution in [0.3, 0.4) is 0 Å². The second-order valence-corrected chi connectivity index (χ2v) is 7.23. The Bertz CT molecular complexity index is 961. The first-order chi connectivity index (χ1) is 12.3. The first-order valence-electron chi connectivity index (χ1n) is 8.21. The van der Waals surface area contributed by atoms with Crippen LogP contribution in [0.25, 0.3) is 21.0 Å². The van der Waals surface area contributed by atoms with E-state index in [4.69, 9.17) is 12.6 Å². The van der Waals surface area contributed by atoms with Crippen LogP contribution in [0.4, 0.5) is 0 Å². The summed E-state index contributed by atoms with van der Waals surface area (Å²) >= 11 is 7.64. The largest absolute Gasteiger partial charge is 0.709 e. The van der Waals surface area contributed by atoms with Gasteiger partial charge in [-0.3, -0.25) is 0 Å². The lowest BCUT2D eigenvalue weighted by Gasteiger charge is -2.07. The molecule has 1 nitrogen and oxygen atoms in total. The van der Waals surface area contributed by atoms with Crippen molar-refractivity contribution in [1.82, 2.24) is 0 Å². The molecule has 3 aromatic carbocycles. The zero-order valence-corrected chi connectivity index (χ0v) is 15.3. The lowest BCUT2D eigenvalue weighted by molar-refractivity contribution is -0.708. The molecule has 4 aromatic rings. The summed E-state index contributed by atoms with van der Waals surface area (Å²) in [5.74, 6) is 0. The predicted octanol–water partition coefficient (Wildman–Crippen LogP) is 5.32. The summed E-state index contributed by atoms with van der Waals surface area (Å²) in [6.45, 7) is 0.785. The lowest BCUT2D eigenvalue weighted by atomic mass is 10.2. The summed E-state index contributed by atoms with van der Waals surface area (Å²) in [5.41, 5.74) is 3.64. The minimum Gasteiger partial charge on any atom is -0.709 e. The maximum atomic E-state index is 5.87. The molecule has 0 unspecified atom stereocenters. The molecule has 0 atom stereocenters. The molecule has 4 rings (SSSR count). The average molecular weight is 360 g/mol. The maximum absolute atomic E-state index is 5.87. The van der Waals surface area contributed by atoms with Crippen molar-refractivity contribution < 1.29 is 4.57 Å². The smallest absolute Gasteiger partial charge is 0.268 e. The van der Waals surface area contributed by atoms with Gasteiger partial charge in [0.25, 0.3) is 5.01 Å². The predicted molar refractivity (Wildman–Crippen MR) is 107 cm³/mol. The summed E-state index contributed by atoms with van der Waals surface area (Å²) in [6, 6.07) is 31.4. The molecule has 0 saturated carbocycles. The van der Waals surface area contributed by atoms with E-state index < -0.39 is 0 Å². The normalized spacial score (nSPS) is 10.7. The Labute approximate surface area is 157 Å². The van der Waals surface area contributed by atoms with Gasteiger partial charge in [0.2, 0.25) is 0 Å². The van der Waals surface area contributed by atoms with Crippen molar-refractivity contribution in [2.75, 3.05) is 0 Å². The van der Waals surface area contributed by atoms with E-state index in [1.807, 2.05) is 18.2 Å². The molecule has 25 heavy (non-hydrogen) atoms. The van der Waals surface area contributed by atoms with Crippen LogP contribution < -0.4 is 4.57 Å². The maximum Gasteiger partial charge on any atom is 0.268 e. The van der Waals surface area contributed by atoms with E-state index in [0.717, 1.165) is 16.4 Å². The van der Waals surface area contributed by atoms with Crippen LogP contribution >= 0.6 is 11.3 Å². The Morgan fingerprint density at radius 3 is 1.80 bits per heavy atom. The van der Waals surface area contributed by atoms with Crippen LogP contribution in [0.2, 0.25) is 0 Å². The topological polar surface area (TPSA) is 3.88 Å². The van der Waals surface area contributed by atoms with Gasteiger partial charge < -0.3 is 12.6 Å². The van der Waals surface area contributed by atoms with Crippen molar-refractivity contribution >= 4 is 24.0 Å². The fourth-order valence-electron chi connectivity index (χ4n) is 2.89. The zero-order chi connectivity index (χ0) is 17.1. The van der Waals surface area contributed by atoms with Gasteiger partial charge in [-0.05, 0) is 17.7 Å². The fourth-order valence-corrected chi connectivity index (χ4v) is 4.51. The molecule has 1 heterocycles. The summed E-state index contributed by atoms with van der Waals surface area (Å²) in [5, 5.41) is 2.10. The molecule has 0 N–H and O–H groups in total. The first kappa shape index (κ1) is 16.0. The Kier molecular flexibility index (Phi) is 4.59. The van der Waals surface area contributed by atoms with Gasteiger partial charge in [-0.1, -0.05) is 90.2 Å². The van der Waals surface area contributed by atoms with E-state index in [-0.39, 0.29) is 0 Å². The summed E-state index contributed by atoms with van der Waals surface area (Å²) in [7, 11) is 0. The third-order valence-corrected chi connectivity index (χ3v) is 5.96. The van der Waals surface area contributed by atoms with Crippen molar-refractivity contribution in [1.29, 1.82) is 0 Å². The van der Waals surface area contributed by atoms with Gasteiger partial charge in [0.1, 0.15) is 0 Å². The molecule has 0 radical (unpaired) electrons. The zero-order valence-electron chi connectivity index (χ0n) is 13.6. The van der Waals surface area contributed by atoms with Crippen molar-refractivity contribution in [3.8, 4) is 21.0 Å². The SMILES string of the molecule is [S-]c1c(-c2ccccc2)sc(-c2ccccc2)[n+]1Cc1ccccc1. The standard InChI is InChI=1S/C22H17NS2/c24-21-20(18-12-6-2-7-13-18)25-22(19-14-8-3-9-15-19)23(21)16-17-10-4-1-5-11-17/h1-15H,16H2. The summed E-state index contributed by atoms with van der Waals surface area (Å²) in [4.78, 5) is 1.16. The average Bonchev–Trinajstić information content (AvgIpc) is 3.01. The highest BCUT2D eigenvalue weighted by molar-refractivity contribution is 7.59. The van der Waals surface area contributed by atoms with E-state index >= 15 is 0 Å². The second kappa shape index (κ2) is 7.18. The fraction of sp³-hybridized carbons (Fsp3) is 0.0455. The lowest BCUT2D eigenvalue weighted by Crippen LogP contribution is -2.37. The number of rotatable bonds is 4. The third kappa shape index (κ3) is 3.34. The molecular formula is C22H17NS2. The van der Waals surface area contributed by atoms with Gasteiger partial charge in [0.15, 0.2) is 6.54 Å². The van der Waals surface area contributed by atoms with E-state index in [1.54, 1.807) is 11.3 Å². The molecule has 1 aromatic heterocycles. The van der Waals surface area contributed by atoms with Gasteiger partial charge in [0.05, 0.1) is 15.5 Å². The molecular weight excluding hydrogens is 342 g/mol. The van der Waals surface area contributed by atoms with Crippen molar-refractivity contribution in [3.63, 3.8) is 0 Å². The van der Waals surface area contributed by atoms with E-state index in [0.29, 0.717) is 0 Å². The van der Waals surface area contributed by atoms with Crippen LogP contribution in [0.15, 0.2) is 96.0 Å². The molecule has 0 saturated heterocycles. The summed E-state index contributed by atoms with van der Waals surface area (Å²) in [6.07, 6.45) is 0. The molecule has 0 aliphatic carbocycles. The number of aromatic nitrogens is 1. The van der Waals surface area contributed by atoms with Crippen LogP contribution in [0, 0.1) is 0 Å². The van der Waals surface area contributed by atoms with Gasteiger partial charge >= 0.3 is 0 Å². The molecule has 0 spiro atoms. The number of benzene rings is 3. The van der Waals surface area contributed by atoms with Crippen molar-refractivity contribution in [2.24, 2.45) is 0 Å². The van der Waals surface area contributed by atoms with Crippen molar-refractivity contribution in [2.45, 2.75) is 11.6 Å². The highest BCUT2D eigenvalue weighted by atomic mass is 32.1. The number of hydrogen-bond acceptors (Lipinski definition) is 2. The molecule has 3 heteroatoms. The van der Waals surface area contributed by atoms with Gasteiger partial charge in [-0.25, -0.2) is 4.57 Å². The van der Waals surface area contributed by atoms with Crippen molar-refractivity contribution in [3.05, 3.63) is 96.6 Å². The minimum absolute atomic E-state index is 0.785. The third-order valence-electron chi connectivity index (χ3n) is 4.12. The van der Waals surface area contributed by atoms with E-state index in [1.165, 1.54) is 21.7 Å². The van der Waals surface area contributed by atoms with Crippen LogP contribution in [0.5, 0.6) is 0 Å². The minimum atomic E-state index is 0.785. The van der Waals surface area contributed by atoms with Gasteiger partial charge in [-0.2, -0.15) is 0 Å². The van der Waals surface area contributed by atoms with E-state index in [2.05, 4.69) is 77.4 Å². The number of hydrogen-bond donors (Lipinski definition) is 0.